The SMILES string of the molecule is CC1CC=C(CS)C1. The molecule has 0 amide bonds. The number of hydrogen-bond donors (Lipinski definition) is 1. The summed E-state index contributed by atoms with van der Waals surface area (Å²) >= 11 is 4.19. The van der Waals surface area contributed by atoms with Crippen LogP contribution < -0.4 is 0 Å². The molecule has 8 heavy (non-hydrogen) atoms. The molecule has 0 saturated carbocycles. The van der Waals surface area contributed by atoms with E-state index in [1.54, 1.807) is 0 Å². The molecule has 1 aliphatic rings. The number of allylic oxidation sites excluding steroid dienone is 1. The first-order valence-electron chi connectivity index (χ1n) is 3.11. The molecule has 0 aromatic carbocycles. The Morgan fingerprint density at radius 1 is 1.88 bits per heavy atom. The van der Waals surface area contributed by atoms with Crippen molar-refractivity contribution < 1.29 is 0 Å². The van der Waals surface area contributed by atoms with Crippen molar-refractivity contribution >= 4 is 12.6 Å². The maximum Gasteiger partial charge on any atom is 0.0113 e. The van der Waals surface area contributed by atoms with Crippen LogP contribution in [0.4, 0.5) is 0 Å². The molecule has 0 aromatic heterocycles. The maximum atomic E-state index is 4.19. The van der Waals surface area contributed by atoms with E-state index < -0.39 is 0 Å². The zero-order valence-electron chi connectivity index (χ0n) is 5.22. The predicted octanol–water partition coefficient (Wildman–Crippen LogP) is 2.27. The third-order valence-electron chi connectivity index (χ3n) is 1.62. The van der Waals surface area contributed by atoms with Gasteiger partial charge in [0.05, 0.1) is 0 Å². The highest BCUT2D eigenvalue weighted by atomic mass is 32.1. The van der Waals surface area contributed by atoms with Crippen molar-refractivity contribution in [3.05, 3.63) is 11.6 Å². The molecule has 0 bridgehead atoms. The van der Waals surface area contributed by atoms with Gasteiger partial charge in [0.15, 0.2) is 0 Å². The van der Waals surface area contributed by atoms with E-state index in [0.29, 0.717) is 0 Å². The van der Waals surface area contributed by atoms with Gasteiger partial charge in [-0.2, -0.15) is 12.6 Å². The predicted molar refractivity (Wildman–Crippen MR) is 40.3 cm³/mol. The number of thiol groups is 1. The average molecular weight is 128 g/mol. The lowest BCUT2D eigenvalue weighted by atomic mass is 10.1. The van der Waals surface area contributed by atoms with Crippen molar-refractivity contribution in [2.75, 3.05) is 5.75 Å². The second-order valence-electron chi connectivity index (χ2n) is 2.57. The van der Waals surface area contributed by atoms with E-state index in [4.69, 9.17) is 0 Å². The molecular weight excluding hydrogens is 116 g/mol. The first-order valence-corrected chi connectivity index (χ1v) is 3.75. The Hall–Kier alpha value is 0.0900. The Morgan fingerprint density at radius 3 is 2.88 bits per heavy atom. The van der Waals surface area contributed by atoms with Gasteiger partial charge < -0.3 is 0 Å². The van der Waals surface area contributed by atoms with Crippen molar-refractivity contribution in [3.63, 3.8) is 0 Å². The lowest BCUT2D eigenvalue weighted by molar-refractivity contribution is 0.629. The van der Waals surface area contributed by atoms with Gasteiger partial charge in [0.25, 0.3) is 0 Å². The molecule has 0 radical (unpaired) electrons. The van der Waals surface area contributed by atoms with Crippen LogP contribution >= 0.6 is 12.6 Å². The molecule has 0 aromatic rings. The van der Waals surface area contributed by atoms with Gasteiger partial charge in [0.1, 0.15) is 0 Å². The van der Waals surface area contributed by atoms with E-state index >= 15 is 0 Å². The Balaban J connectivity index is 2.37. The normalized spacial score (nSPS) is 28.2. The Labute approximate surface area is 56.4 Å². The Bertz CT molecular complexity index is 105. The molecule has 0 nitrogen and oxygen atoms in total. The zero-order chi connectivity index (χ0) is 5.98. The van der Waals surface area contributed by atoms with Crippen molar-refractivity contribution in [1.82, 2.24) is 0 Å². The third-order valence-corrected chi connectivity index (χ3v) is 2.03. The molecule has 0 saturated heterocycles. The van der Waals surface area contributed by atoms with Crippen LogP contribution in [0.15, 0.2) is 11.6 Å². The van der Waals surface area contributed by atoms with Gasteiger partial charge in [-0.15, -0.1) is 0 Å². The first kappa shape index (κ1) is 6.21. The summed E-state index contributed by atoms with van der Waals surface area (Å²) in [4.78, 5) is 0. The Morgan fingerprint density at radius 2 is 2.62 bits per heavy atom. The molecule has 0 fully saturated rings. The fraction of sp³-hybridized carbons (Fsp3) is 0.714. The second-order valence-corrected chi connectivity index (χ2v) is 2.88. The molecule has 1 heteroatoms. The van der Waals surface area contributed by atoms with Crippen LogP contribution in [0.5, 0.6) is 0 Å². The van der Waals surface area contributed by atoms with E-state index in [1.807, 2.05) is 0 Å². The quantitative estimate of drug-likeness (QED) is 0.406. The second kappa shape index (κ2) is 2.58. The summed E-state index contributed by atoms with van der Waals surface area (Å²) in [6, 6.07) is 0. The monoisotopic (exact) mass is 128 g/mol. The summed E-state index contributed by atoms with van der Waals surface area (Å²) in [5.74, 6) is 1.85. The van der Waals surface area contributed by atoms with Crippen molar-refractivity contribution in [1.29, 1.82) is 0 Å². The minimum atomic E-state index is 0.886. The minimum absolute atomic E-state index is 0.886. The minimum Gasteiger partial charge on any atom is -0.175 e. The maximum absolute atomic E-state index is 4.19. The van der Waals surface area contributed by atoms with Gasteiger partial charge in [-0.3, -0.25) is 0 Å². The number of hydrogen-bond acceptors (Lipinski definition) is 1. The molecule has 0 spiro atoms. The van der Waals surface area contributed by atoms with Crippen LogP contribution in [0.1, 0.15) is 19.8 Å². The molecule has 0 heterocycles. The van der Waals surface area contributed by atoms with Crippen molar-refractivity contribution in [3.8, 4) is 0 Å². The van der Waals surface area contributed by atoms with Crippen molar-refractivity contribution in [2.45, 2.75) is 19.8 Å². The van der Waals surface area contributed by atoms with Crippen LogP contribution in [-0.4, -0.2) is 5.75 Å². The van der Waals surface area contributed by atoms with E-state index in [2.05, 4.69) is 25.6 Å². The zero-order valence-corrected chi connectivity index (χ0v) is 6.12. The van der Waals surface area contributed by atoms with Gasteiger partial charge in [0, 0.05) is 5.75 Å². The first-order chi connectivity index (χ1) is 3.83. The molecule has 1 unspecified atom stereocenters. The Kier molecular flexibility index (Phi) is 2.01. The number of rotatable bonds is 1. The molecule has 1 rings (SSSR count). The third kappa shape index (κ3) is 1.28. The van der Waals surface area contributed by atoms with Gasteiger partial charge >= 0.3 is 0 Å². The summed E-state index contributed by atoms with van der Waals surface area (Å²) in [5.41, 5.74) is 1.53. The summed E-state index contributed by atoms with van der Waals surface area (Å²) in [5, 5.41) is 0. The molecule has 1 aliphatic carbocycles. The van der Waals surface area contributed by atoms with E-state index in [9.17, 15) is 0 Å². The highest BCUT2D eigenvalue weighted by Crippen LogP contribution is 2.24. The van der Waals surface area contributed by atoms with Gasteiger partial charge in [0.2, 0.25) is 0 Å². The van der Waals surface area contributed by atoms with Crippen LogP contribution in [-0.2, 0) is 0 Å². The lowest BCUT2D eigenvalue weighted by Crippen LogP contribution is -1.85. The average Bonchev–Trinajstić information content (AvgIpc) is 2.14. The summed E-state index contributed by atoms with van der Waals surface area (Å²) < 4.78 is 0. The topological polar surface area (TPSA) is 0 Å². The van der Waals surface area contributed by atoms with Crippen molar-refractivity contribution in [2.24, 2.45) is 5.92 Å². The molecule has 46 valence electrons. The lowest BCUT2D eigenvalue weighted by Gasteiger charge is -1.97. The highest BCUT2D eigenvalue weighted by Gasteiger charge is 2.09. The smallest absolute Gasteiger partial charge is 0.0113 e. The summed E-state index contributed by atoms with van der Waals surface area (Å²) in [6.07, 6.45) is 4.87. The highest BCUT2D eigenvalue weighted by molar-refractivity contribution is 7.80. The van der Waals surface area contributed by atoms with Gasteiger partial charge in [-0.25, -0.2) is 0 Å². The van der Waals surface area contributed by atoms with Crippen LogP contribution in [0.2, 0.25) is 0 Å². The van der Waals surface area contributed by atoms with E-state index in [-0.39, 0.29) is 0 Å². The molecule has 0 N–H and O–H groups in total. The van der Waals surface area contributed by atoms with Gasteiger partial charge in [-0.1, -0.05) is 18.6 Å². The van der Waals surface area contributed by atoms with E-state index in [1.165, 1.54) is 18.4 Å². The standard InChI is InChI=1S/C7H12S/c1-6-2-3-7(4-6)5-8/h3,6,8H,2,4-5H2,1H3. The van der Waals surface area contributed by atoms with E-state index in [0.717, 1.165) is 11.7 Å². The summed E-state index contributed by atoms with van der Waals surface area (Å²) in [6.45, 7) is 2.28. The molecule has 0 aliphatic heterocycles. The molecule has 1 atom stereocenters. The largest absolute Gasteiger partial charge is 0.175 e. The van der Waals surface area contributed by atoms with Crippen LogP contribution in [0.25, 0.3) is 0 Å². The fourth-order valence-corrected chi connectivity index (χ4v) is 1.37. The molecular formula is C7H12S. The fourth-order valence-electron chi connectivity index (χ4n) is 1.11. The van der Waals surface area contributed by atoms with Crippen LogP contribution in [0, 0.1) is 5.92 Å². The van der Waals surface area contributed by atoms with Crippen LogP contribution in [0.3, 0.4) is 0 Å². The summed E-state index contributed by atoms with van der Waals surface area (Å²) in [7, 11) is 0. The van der Waals surface area contributed by atoms with Gasteiger partial charge in [-0.05, 0) is 18.8 Å².